The Morgan fingerprint density at radius 2 is 1.94 bits per heavy atom. The third-order valence-electron chi connectivity index (χ3n) is 5.83. The highest BCUT2D eigenvalue weighted by molar-refractivity contribution is 5.90. The van der Waals surface area contributed by atoms with E-state index in [1.54, 1.807) is 30.0 Å². The first-order valence-electron chi connectivity index (χ1n) is 10.6. The quantitative estimate of drug-likeness (QED) is 0.767. The Kier molecular flexibility index (Phi) is 5.13. The van der Waals surface area contributed by atoms with E-state index in [1.807, 2.05) is 0 Å². The molecular formula is C21H25N5O5. The average molecular weight is 427 g/mol. The zero-order chi connectivity index (χ0) is 21.4. The molecule has 0 radical (unpaired) electrons. The molecule has 5 rings (SSSR count). The van der Waals surface area contributed by atoms with Crippen LogP contribution in [0.5, 0.6) is 11.5 Å². The lowest BCUT2D eigenvalue weighted by molar-refractivity contribution is -0.123. The van der Waals surface area contributed by atoms with Gasteiger partial charge in [0.25, 0.3) is 0 Å². The van der Waals surface area contributed by atoms with Crippen molar-refractivity contribution in [2.24, 2.45) is 5.92 Å². The fourth-order valence-electron chi connectivity index (χ4n) is 4.01. The van der Waals surface area contributed by atoms with E-state index in [9.17, 15) is 9.59 Å². The first-order chi connectivity index (χ1) is 15.1. The molecule has 2 aliphatic heterocycles. The molecule has 2 N–H and O–H groups in total. The molecule has 1 aliphatic carbocycles. The van der Waals surface area contributed by atoms with Crippen LogP contribution < -0.4 is 20.1 Å². The molecule has 1 saturated carbocycles. The number of anilines is 1. The number of nitrogens with zero attached hydrogens (tertiary/aromatic N) is 3. The molecule has 3 amide bonds. The molecule has 1 aromatic heterocycles. The van der Waals surface area contributed by atoms with Gasteiger partial charge < -0.3 is 29.5 Å². The lowest BCUT2D eigenvalue weighted by atomic mass is 9.91. The van der Waals surface area contributed by atoms with Crippen molar-refractivity contribution in [1.82, 2.24) is 20.4 Å². The zero-order valence-electron chi connectivity index (χ0n) is 17.3. The normalized spacial score (nSPS) is 22.7. The molecule has 2 fully saturated rings. The van der Waals surface area contributed by atoms with Crippen LogP contribution in [-0.2, 0) is 4.79 Å². The van der Waals surface area contributed by atoms with Gasteiger partial charge in [-0.15, -0.1) is 0 Å². The summed E-state index contributed by atoms with van der Waals surface area (Å²) in [6, 6.07) is 4.81. The van der Waals surface area contributed by atoms with E-state index in [0.29, 0.717) is 61.6 Å². The van der Waals surface area contributed by atoms with Gasteiger partial charge in [0.05, 0.1) is 12.0 Å². The number of benzene rings is 1. The van der Waals surface area contributed by atoms with Gasteiger partial charge in [0.1, 0.15) is 13.2 Å². The van der Waals surface area contributed by atoms with Crippen LogP contribution in [0.15, 0.2) is 22.7 Å². The Morgan fingerprint density at radius 3 is 2.68 bits per heavy atom. The maximum absolute atomic E-state index is 12.9. The fourth-order valence-corrected chi connectivity index (χ4v) is 4.01. The minimum absolute atomic E-state index is 0.0281. The van der Waals surface area contributed by atoms with E-state index >= 15 is 0 Å². The predicted molar refractivity (Wildman–Crippen MR) is 109 cm³/mol. The molecule has 0 spiro atoms. The van der Waals surface area contributed by atoms with E-state index in [1.165, 1.54) is 0 Å². The molecule has 2 aromatic rings. The summed E-state index contributed by atoms with van der Waals surface area (Å²) >= 11 is 0. The number of carbonyl (C=O) groups is 2. The smallest absolute Gasteiger partial charge is 0.321 e. The van der Waals surface area contributed by atoms with E-state index in [-0.39, 0.29) is 29.8 Å². The van der Waals surface area contributed by atoms with Gasteiger partial charge in [-0.1, -0.05) is 5.16 Å². The molecular weight excluding hydrogens is 402 g/mol. The predicted octanol–water partition coefficient (Wildman–Crippen LogP) is 2.07. The van der Waals surface area contributed by atoms with E-state index in [4.69, 9.17) is 14.0 Å². The Morgan fingerprint density at radius 1 is 1.13 bits per heavy atom. The van der Waals surface area contributed by atoms with Gasteiger partial charge >= 0.3 is 6.03 Å². The Bertz CT molecular complexity index is 988. The largest absolute Gasteiger partial charge is 0.486 e. The number of nitrogens with one attached hydrogen (secondary N) is 2. The van der Waals surface area contributed by atoms with Crippen molar-refractivity contribution in [3.8, 4) is 11.5 Å². The molecule has 31 heavy (non-hydrogen) atoms. The summed E-state index contributed by atoms with van der Waals surface area (Å²) in [7, 11) is 0. The second kappa shape index (κ2) is 8.09. The molecule has 0 unspecified atom stereocenters. The number of fused-ring (bicyclic) bond motifs is 1. The standard InChI is InChI=1S/C21H25N5O5/c1-12-22-20(31-25-12)15-6-7-26(11-16(15)24-19(27)13-2-3-13)21(28)23-14-4-5-17-18(10-14)30-9-8-29-17/h4-5,10,13,15-16H,2-3,6-9,11H2,1H3,(H,23,28)(H,24,27)/t15-,16+/m0/s1. The number of aryl methyl sites for hydroxylation is 1. The molecule has 0 bridgehead atoms. The third-order valence-corrected chi connectivity index (χ3v) is 5.83. The van der Waals surface area contributed by atoms with Crippen molar-refractivity contribution in [3.63, 3.8) is 0 Å². The van der Waals surface area contributed by atoms with Crippen LogP contribution in [0.1, 0.15) is 36.9 Å². The van der Waals surface area contributed by atoms with Gasteiger partial charge in [-0.05, 0) is 38.3 Å². The third kappa shape index (κ3) is 4.28. The number of amides is 3. The first-order valence-corrected chi connectivity index (χ1v) is 10.6. The van der Waals surface area contributed by atoms with Crippen molar-refractivity contribution >= 4 is 17.6 Å². The number of carbonyl (C=O) groups excluding carboxylic acids is 2. The highest BCUT2D eigenvalue weighted by Gasteiger charge is 2.39. The van der Waals surface area contributed by atoms with Gasteiger partial charge in [-0.3, -0.25) is 4.79 Å². The van der Waals surface area contributed by atoms with E-state index in [2.05, 4.69) is 20.8 Å². The summed E-state index contributed by atoms with van der Waals surface area (Å²) in [5, 5.41) is 9.90. The second-order valence-corrected chi connectivity index (χ2v) is 8.20. The molecule has 164 valence electrons. The lowest BCUT2D eigenvalue weighted by Gasteiger charge is -2.37. The van der Waals surface area contributed by atoms with Gasteiger partial charge in [-0.25, -0.2) is 4.79 Å². The first kappa shape index (κ1) is 19.7. The summed E-state index contributed by atoms with van der Waals surface area (Å²) in [5.41, 5.74) is 0.627. The Hall–Kier alpha value is -3.30. The molecule has 10 heteroatoms. The van der Waals surface area contributed by atoms with Crippen LogP contribution in [0.25, 0.3) is 0 Å². The topological polar surface area (TPSA) is 119 Å². The molecule has 10 nitrogen and oxygen atoms in total. The maximum Gasteiger partial charge on any atom is 0.321 e. The summed E-state index contributed by atoms with van der Waals surface area (Å²) in [6.45, 7) is 3.64. The number of hydrogen-bond donors (Lipinski definition) is 2. The van der Waals surface area contributed by atoms with Gasteiger partial charge in [0, 0.05) is 30.8 Å². The molecule has 3 aliphatic rings. The van der Waals surface area contributed by atoms with Crippen molar-refractivity contribution in [2.45, 2.75) is 38.1 Å². The van der Waals surface area contributed by atoms with Crippen LogP contribution in [0, 0.1) is 12.8 Å². The number of rotatable bonds is 4. The minimum Gasteiger partial charge on any atom is -0.486 e. The number of ether oxygens (including phenoxy) is 2. The summed E-state index contributed by atoms with van der Waals surface area (Å²) in [5.74, 6) is 2.33. The van der Waals surface area contributed by atoms with E-state index < -0.39 is 0 Å². The van der Waals surface area contributed by atoms with Gasteiger partial charge in [0.15, 0.2) is 17.3 Å². The summed E-state index contributed by atoms with van der Waals surface area (Å²) in [6.07, 6.45) is 2.44. The van der Waals surface area contributed by atoms with Crippen LogP contribution in [0.3, 0.4) is 0 Å². The second-order valence-electron chi connectivity index (χ2n) is 8.20. The Labute approximate surface area is 179 Å². The molecule has 1 aromatic carbocycles. The maximum atomic E-state index is 12.9. The monoisotopic (exact) mass is 427 g/mol. The SMILES string of the molecule is Cc1noc([C@H]2CCN(C(=O)Nc3ccc4c(c3)OCCO4)C[C@H]2NC(=O)C2CC2)n1. The van der Waals surface area contributed by atoms with Crippen LogP contribution >= 0.6 is 0 Å². The molecule has 2 atom stereocenters. The zero-order valence-corrected chi connectivity index (χ0v) is 17.3. The molecule has 3 heterocycles. The summed E-state index contributed by atoms with van der Waals surface area (Å²) < 4.78 is 16.5. The number of piperidine rings is 1. The molecule has 1 saturated heterocycles. The highest BCUT2D eigenvalue weighted by atomic mass is 16.6. The number of aromatic nitrogens is 2. The summed E-state index contributed by atoms with van der Waals surface area (Å²) in [4.78, 5) is 31.4. The van der Waals surface area contributed by atoms with Gasteiger partial charge in [0.2, 0.25) is 11.8 Å². The fraction of sp³-hybridized carbons (Fsp3) is 0.524. The van der Waals surface area contributed by atoms with Crippen molar-refractivity contribution < 1.29 is 23.6 Å². The number of urea groups is 1. The van der Waals surface area contributed by atoms with Crippen LogP contribution in [0.4, 0.5) is 10.5 Å². The average Bonchev–Trinajstić information content (AvgIpc) is 3.55. The number of hydrogen-bond acceptors (Lipinski definition) is 7. The van der Waals surface area contributed by atoms with Gasteiger partial charge in [-0.2, -0.15) is 4.98 Å². The lowest BCUT2D eigenvalue weighted by Crippen LogP contribution is -2.54. The van der Waals surface area contributed by atoms with Crippen molar-refractivity contribution in [2.75, 3.05) is 31.6 Å². The number of likely N-dealkylation sites (tertiary alicyclic amines) is 1. The van der Waals surface area contributed by atoms with Crippen molar-refractivity contribution in [3.05, 3.63) is 29.9 Å². The minimum atomic E-state index is -0.285. The van der Waals surface area contributed by atoms with Crippen LogP contribution in [0.2, 0.25) is 0 Å². The highest BCUT2D eigenvalue weighted by Crippen LogP contribution is 2.34. The van der Waals surface area contributed by atoms with Crippen LogP contribution in [-0.4, -0.2) is 59.3 Å². The van der Waals surface area contributed by atoms with E-state index in [0.717, 1.165) is 12.8 Å². The Balaban J connectivity index is 1.28. The van der Waals surface area contributed by atoms with Crippen molar-refractivity contribution in [1.29, 1.82) is 0 Å².